The fraction of sp³-hybridized carbons (Fsp3) is 0.200. The summed E-state index contributed by atoms with van der Waals surface area (Å²) in [6.07, 6.45) is 0. The third-order valence-corrected chi connectivity index (χ3v) is 3.47. The highest BCUT2D eigenvalue weighted by molar-refractivity contribution is 6.31. The van der Waals surface area contributed by atoms with Crippen molar-refractivity contribution in [1.82, 2.24) is 0 Å². The molecule has 0 aliphatic heterocycles. The Morgan fingerprint density at radius 2 is 1.85 bits per heavy atom. The molecule has 3 nitrogen and oxygen atoms in total. The van der Waals surface area contributed by atoms with E-state index < -0.39 is 0 Å². The van der Waals surface area contributed by atoms with Crippen LogP contribution in [-0.2, 0) is 13.2 Å². The van der Waals surface area contributed by atoms with Crippen LogP contribution >= 0.6 is 23.2 Å². The van der Waals surface area contributed by atoms with E-state index in [9.17, 15) is 0 Å². The number of hydrogen-bond acceptors (Lipinski definition) is 3. The molecule has 0 atom stereocenters. The second-order valence-electron chi connectivity index (χ2n) is 4.20. The first-order valence-corrected chi connectivity index (χ1v) is 6.83. The molecule has 0 amide bonds. The second-order valence-corrected chi connectivity index (χ2v) is 5.05. The van der Waals surface area contributed by atoms with Gasteiger partial charge in [0.25, 0.3) is 0 Å². The minimum absolute atomic E-state index is 0.349. The molecule has 2 aromatic carbocycles. The van der Waals surface area contributed by atoms with Gasteiger partial charge >= 0.3 is 0 Å². The van der Waals surface area contributed by atoms with Gasteiger partial charge in [-0.05, 0) is 35.9 Å². The van der Waals surface area contributed by atoms with Gasteiger partial charge in [-0.2, -0.15) is 0 Å². The van der Waals surface area contributed by atoms with Crippen LogP contribution in [0.5, 0.6) is 11.5 Å². The number of halogens is 2. The van der Waals surface area contributed by atoms with Crippen molar-refractivity contribution in [1.29, 1.82) is 0 Å². The van der Waals surface area contributed by atoms with Crippen molar-refractivity contribution in [2.45, 2.75) is 13.2 Å². The van der Waals surface area contributed by atoms with Gasteiger partial charge in [-0.1, -0.05) is 29.3 Å². The lowest BCUT2D eigenvalue weighted by atomic mass is 10.2. The standard InChI is InChI=1S/C15H15Cl2NO2/c1-19-15-5-3-12(16)6-11(15)9-20-13-4-2-10(8-18)14(17)7-13/h2-7H,8-9,18H2,1H3. The van der Waals surface area contributed by atoms with Crippen molar-refractivity contribution in [2.24, 2.45) is 5.73 Å². The minimum Gasteiger partial charge on any atom is -0.496 e. The third kappa shape index (κ3) is 3.57. The molecular weight excluding hydrogens is 297 g/mol. The highest BCUT2D eigenvalue weighted by Gasteiger charge is 2.06. The largest absolute Gasteiger partial charge is 0.496 e. The molecule has 20 heavy (non-hydrogen) atoms. The van der Waals surface area contributed by atoms with E-state index in [4.69, 9.17) is 38.4 Å². The van der Waals surface area contributed by atoms with Crippen LogP contribution in [0.2, 0.25) is 10.0 Å². The molecule has 106 valence electrons. The normalized spacial score (nSPS) is 10.4. The van der Waals surface area contributed by atoms with Crippen molar-refractivity contribution in [3.63, 3.8) is 0 Å². The topological polar surface area (TPSA) is 44.5 Å². The van der Waals surface area contributed by atoms with Crippen LogP contribution in [0.1, 0.15) is 11.1 Å². The zero-order valence-electron chi connectivity index (χ0n) is 11.0. The molecule has 0 aromatic heterocycles. The van der Waals surface area contributed by atoms with Crippen LogP contribution in [0.15, 0.2) is 36.4 Å². The Labute approximate surface area is 128 Å². The maximum Gasteiger partial charge on any atom is 0.125 e. The summed E-state index contributed by atoms with van der Waals surface area (Å²) in [5.41, 5.74) is 7.33. The van der Waals surface area contributed by atoms with Gasteiger partial charge in [0.15, 0.2) is 0 Å². The van der Waals surface area contributed by atoms with E-state index in [0.717, 1.165) is 16.9 Å². The molecule has 0 heterocycles. The Kier molecular flexibility index (Phi) is 5.12. The van der Waals surface area contributed by atoms with E-state index in [1.54, 1.807) is 19.2 Å². The molecule has 2 aromatic rings. The van der Waals surface area contributed by atoms with E-state index in [0.29, 0.717) is 28.9 Å². The lowest BCUT2D eigenvalue weighted by molar-refractivity contribution is 0.296. The predicted molar refractivity (Wildman–Crippen MR) is 81.7 cm³/mol. The van der Waals surface area contributed by atoms with Gasteiger partial charge in [0.1, 0.15) is 18.1 Å². The average molecular weight is 312 g/mol. The van der Waals surface area contributed by atoms with Crippen molar-refractivity contribution < 1.29 is 9.47 Å². The van der Waals surface area contributed by atoms with E-state index in [2.05, 4.69) is 0 Å². The zero-order chi connectivity index (χ0) is 14.5. The van der Waals surface area contributed by atoms with Gasteiger partial charge in [-0.15, -0.1) is 0 Å². The van der Waals surface area contributed by atoms with E-state index in [-0.39, 0.29) is 0 Å². The van der Waals surface area contributed by atoms with Gasteiger partial charge in [0, 0.05) is 22.2 Å². The maximum absolute atomic E-state index is 6.09. The number of ether oxygens (including phenoxy) is 2. The molecule has 0 fully saturated rings. The molecule has 2 N–H and O–H groups in total. The Bertz CT molecular complexity index is 602. The molecule has 0 spiro atoms. The summed E-state index contributed by atoms with van der Waals surface area (Å²) >= 11 is 12.1. The summed E-state index contributed by atoms with van der Waals surface area (Å²) in [6.45, 7) is 0.753. The van der Waals surface area contributed by atoms with Crippen LogP contribution in [0.3, 0.4) is 0 Å². The lowest BCUT2D eigenvalue weighted by Crippen LogP contribution is -2.00. The predicted octanol–water partition coefficient (Wildman–Crippen LogP) is 4.04. The second kappa shape index (κ2) is 6.84. The Hall–Kier alpha value is -1.42. The first-order valence-electron chi connectivity index (χ1n) is 6.07. The quantitative estimate of drug-likeness (QED) is 0.906. The number of methoxy groups -OCH3 is 1. The van der Waals surface area contributed by atoms with Crippen LogP contribution in [0.4, 0.5) is 0 Å². The molecular formula is C15H15Cl2NO2. The van der Waals surface area contributed by atoms with Gasteiger partial charge in [-0.25, -0.2) is 0 Å². The highest BCUT2D eigenvalue weighted by atomic mass is 35.5. The summed E-state index contributed by atoms with van der Waals surface area (Å²) in [6, 6.07) is 10.8. The SMILES string of the molecule is COc1ccc(Cl)cc1COc1ccc(CN)c(Cl)c1. The van der Waals surface area contributed by atoms with Gasteiger partial charge < -0.3 is 15.2 Å². The molecule has 0 aliphatic carbocycles. The van der Waals surface area contributed by atoms with Crippen molar-refractivity contribution in [3.8, 4) is 11.5 Å². The Morgan fingerprint density at radius 3 is 2.50 bits per heavy atom. The minimum atomic E-state index is 0.349. The molecule has 5 heteroatoms. The highest BCUT2D eigenvalue weighted by Crippen LogP contribution is 2.26. The fourth-order valence-corrected chi connectivity index (χ4v) is 2.25. The lowest BCUT2D eigenvalue weighted by Gasteiger charge is -2.11. The van der Waals surface area contributed by atoms with Crippen LogP contribution in [0.25, 0.3) is 0 Å². The van der Waals surface area contributed by atoms with Crippen molar-refractivity contribution in [3.05, 3.63) is 57.6 Å². The average Bonchev–Trinajstić information content (AvgIpc) is 2.45. The Morgan fingerprint density at radius 1 is 1.05 bits per heavy atom. The number of benzene rings is 2. The van der Waals surface area contributed by atoms with Gasteiger partial charge in [-0.3, -0.25) is 0 Å². The molecule has 0 radical (unpaired) electrons. The summed E-state index contributed by atoms with van der Waals surface area (Å²) in [7, 11) is 1.61. The maximum atomic E-state index is 6.09. The molecule has 2 rings (SSSR count). The number of rotatable bonds is 5. The fourth-order valence-electron chi connectivity index (χ4n) is 1.80. The summed E-state index contributed by atoms with van der Waals surface area (Å²) in [5, 5.41) is 1.24. The van der Waals surface area contributed by atoms with Gasteiger partial charge in [0.05, 0.1) is 7.11 Å². The molecule has 0 saturated carbocycles. The molecule has 0 saturated heterocycles. The monoisotopic (exact) mass is 311 g/mol. The van der Waals surface area contributed by atoms with Crippen molar-refractivity contribution >= 4 is 23.2 Å². The third-order valence-electron chi connectivity index (χ3n) is 2.88. The molecule has 0 bridgehead atoms. The van der Waals surface area contributed by atoms with Crippen LogP contribution in [-0.4, -0.2) is 7.11 Å². The molecule has 0 unspecified atom stereocenters. The smallest absolute Gasteiger partial charge is 0.125 e. The van der Waals surface area contributed by atoms with E-state index in [1.807, 2.05) is 24.3 Å². The van der Waals surface area contributed by atoms with Crippen LogP contribution < -0.4 is 15.2 Å². The van der Waals surface area contributed by atoms with Crippen molar-refractivity contribution in [2.75, 3.05) is 7.11 Å². The summed E-state index contributed by atoms with van der Waals surface area (Å²) in [4.78, 5) is 0. The number of hydrogen-bond donors (Lipinski definition) is 1. The van der Waals surface area contributed by atoms with E-state index in [1.165, 1.54) is 0 Å². The first-order chi connectivity index (χ1) is 9.63. The Balaban J connectivity index is 2.12. The molecule has 0 aliphatic rings. The van der Waals surface area contributed by atoms with E-state index >= 15 is 0 Å². The van der Waals surface area contributed by atoms with Gasteiger partial charge in [0.2, 0.25) is 0 Å². The number of nitrogens with two attached hydrogens (primary N) is 1. The van der Waals surface area contributed by atoms with Crippen LogP contribution in [0, 0.1) is 0 Å². The zero-order valence-corrected chi connectivity index (χ0v) is 12.5. The first kappa shape index (κ1) is 15.0. The summed E-state index contributed by atoms with van der Waals surface area (Å²) < 4.78 is 11.0. The summed E-state index contributed by atoms with van der Waals surface area (Å²) in [5.74, 6) is 1.41.